The van der Waals surface area contributed by atoms with Gasteiger partial charge >= 0.3 is 0 Å². The number of nitrogens with zero attached hydrogens (tertiary/aromatic N) is 2. The lowest BCUT2D eigenvalue weighted by atomic mass is 10.0. The van der Waals surface area contributed by atoms with Crippen LogP contribution in [0.4, 0.5) is 17.1 Å². The summed E-state index contributed by atoms with van der Waals surface area (Å²) in [5.41, 5.74) is 4.58. The van der Waals surface area contributed by atoms with E-state index < -0.39 is 0 Å². The predicted octanol–water partition coefficient (Wildman–Crippen LogP) is 5.21. The number of ether oxygens (including phenoxy) is 1. The molecule has 1 aliphatic heterocycles. The van der Waals surface area contributed by atoms with Crippen molar-refractivity contribution in [1.82, 2.24) is 4.98 Å². The highest BCUT2D eigenvalue weighted by Crippen LogP contribution is 2.33. The molecule has 1 N–H and O–H groups in total. The zero-order chi connectivity index (χ0) is 20.2. The molecular formula is C24H25N3O2. The number of nitrogens with one attached hydrogen (secondary N) is 1. The Balaban J connectivity index is 1.51. The molecule has 0 saturated carbocycles. The zero-order valence-electron chi connectivity index (χ0n) is 16.8. The van der Waals surface area contributed by atoms with Crippen LogP contribution in [-0.4, -0.2) is 23.5 Å². The molecule has 29 heavy (non-hydrogen) atoms. The SMILES string of the molecule is CC(C)Oc1ccccc1NC(=O)c1ccc(N2CCCc3ccccc32)cn1. The highest BCUT2D eigenvalue weighted by Gasteiger charge is 2.19. The molecule has 0 aliphatic carbocycles. The Morgan fingerprint density at radius 2 is 1.86 bits per heavy atom. The van der Waals surface area contributed by atoms with Crippen molar-refractivity contribution in [3.63, 3.8) is 0 Å². The second-order valence-corrected chi connectivity index (χ2v) is 7.40. The average Bonchev–Trinajstić information content (AvgIpc) is 2.74. The molecule has 0 bridgehead atoms. The lowest BCUT2D eigenvalue weighted by molar-refractivity contribution is 0.102. The first-order valence-electron chi connectivity index (χ1n) is 10.0. The van der Waals surface area contributed by atoms with Gasteiger partial charge in [-0.15, -0.1) is 0 Å². The molecule has 0 unspecified atom stereocenters. The van der Waals surface area contributed by atoms with Crippen LogP contribution in [0.25, 0.3) is 0 Å². The van der Waals surface area contributed by atoms with E-state index in [-0.39, 0.29) is 12.0 Å². The summed E-state index contributed by atoms with van der Waals surface area (Å²) in [7, 11) is 0. The second kappa shape index (κ2) is 8.35. The summed E-state index contributed by atoms with van der Waals surface area (Å²) in [5, 5.41) is 2.91. The van der Waals surface area contributed by atoms with Crippen LogP contribution in [0.15, 0.2) is 66.9 Å². The number of carbonyl (C=O) groups is 1. The molecular weight excluding hydrogens is 362 g/mol. The number of hydrogen-bond acceptors (Lipinski definition) is 4. The molecule has 0 saturated heterocycles. The van der Waals surface area contributed by atoms with Crippen LogP contribution in [0.2, 0.25) is 0 Å². The lowest BCUT2D eigenvalue weighted by Gasteiger charge is -2.31. The normalized spacial score (nSPS) is 13.1. The van der Waals surface area contributed by atoms with Crippen molar-refractivity contribution in [2.75, 3.05) is 16.8 Å². The first-order chi connectivity index (χ1) is 14.1. The number of hydrogen-bond donors (Lipinski definition) is 1. The van der Waals surface area contributed by atoms with Gasteiger partial charge in [-0.1, -0.05) is 30.3 Å². The van der Waals surface area contributed by atoms with Gasteiger partial charge in [0.25, 0.3) is 5.91 Å². The maximum absolute atomic E-state index is 12.7. The maximum atomic E-state index is 12.7. The van der Waals surface area contributed by atoms with Crippen LogP contribution in [-0.2, 0) is 6.42 Å². The smallest absolute Gasteiger partial charge is 0.274 e. The Kier molecular flexibility index (Phi) is 5.47. The topological polar surface area (TPSA) is 54.5 Å². The lowest BCUT2D eigenvalue weighted by Crippen LogP contribution is -2.24. The first-order valence-corrected chi connectivity index (χ1v) is 10.0. The Bertz CT molecular complexity index is 999. The van der Waals surface area contributed by atoms with E-state index in [1.807, 2.05) is 44.2 Å². The second-order valence-electron chi connectivity index (χ2n) is 7.40. The van der Waals surface area contributed by atoms with E-state index in [2.05, 4.69) is 39.5 Å². The summed E-state index contributed by atoms with van der Waals surface area (Å²) in [6.45, 7) is 4.86. The minimum absolute atomic E-state index is 0.0258. The summed E-state index contributed by atoms with van der Waals surface area (Å²) in [5.74, 6) is 0.396. The van der Waals surface area contributed by atoms with Crippen LogP contribution < -0.4 is 15.0 Å². The van der Waals surface area contributed by atoms with Gasteiger partial charge < -0.3 is 15.0 Å². The van der Waals surface area contributed by atoms with Crippen molar-refractivity contribution in [2.24, 2.45) is 0 Å². The standard InChI is InChI=1S/C24H25N3O2/c1-17(2)29-23-12-6-4-10-20(23)26-24(28)21-14-13-19(16-25-21)27-15-7-9-18-8-3-5-11-22(18)27/h3-6,8,10-14,16-17H,7,9,15H2,1-2H3,(H,26,28). The number of anilines is 3. The van der Waals surface area contributed by atoms with Crippen LogP contribution in [0.3, 0.4) is 0 Å². The number of benzene rings is 2. The Morgan fingerprint density at radius 1 is 1.07 bits per heavy atom. The molecule has 2 heterocycles. The molecule has 1 aliphatic rings. The van der Waals surface area contributed by atoms with Gasteiger partial charge in [-0.3, -0.25) is 4.79 Å². The largest absolute Gasteiger partial charge is 0.489 e. The zero-order valence-corrected chi connectivity index (χ0v) is 16.8. The number of amides is 1. The molecule has 0 radical (unpaired) electrons. The fraction of sp³-hybridized carbons (Fsp3) is 0.250. The molecule has 0 spiro atoms. The van der Waals surface area contributed by atoms with E-state index in [1.54, 1.807) is 12.3 Å². The highest BCUT2D eigenvalue weighted by molar-refractivity contribution is 6.03. The van der Waals surface area contributed by atoms with Gasteiger partial charge in [0, 0.05) is 12.2 Å². The van der Waals surface area contributed by atoms with Crippen molar-refractivity contribution >= 4 is 23.0 Å². The van der Waals surface area contributed by atoms with Crippen LogP contribution in [0, 0.1) is 0 Å². The molecule has 5 heteroatoms. The number of rotatable bonds is 5. The number of carbonyl (C=O) groups excluding carboxylic acids is 1. The van der Waals surface area contributed by atoms with Gasteiger partial charge in [-0.2, -0.15) is 0 Å². The van der Waals surface area contributed by atoms with Crippen molar-refractivity contribution in [2.45, 2.75) is 32.8 Å². The van der Waals surface area contributed by atoms with E-state index in [0.29, 0.717) is 17.1 Å². The van der Waals surface area contributed by atoms with Gasteiger partial charge in [0.15, 0.2) is 0 Å². The quantitative estimate of drug-likeness (QED) is 0.653. The predicted molar refractivity (Wildman–Crippen MR) is 116 cm³/mol. The maximum Gasteiger partial charge on any atom is 0.274 e. The van der Waals surface area contributed by atoms with Crippen LogP contribution in [0.5, 0.6) is 5.75 Å². The summed E-state index contributed by atoms with van der Waals surface area (Å²) in [4.78, 5) is 19.4. The summed E-state index contributed by atoms with van der Waals surface area (Å²) in [6.07, 6.45) is 4.00. The van der Waals surface area contributed by atoms with Gasteiger partial charge in [0.2, 0.25) is 0 Å². The Labute approximate surface area is 171 Å². The fourth-order valence-electron chi connectivity index (χ4n) is 3.59. The summed E-state index contributed by atoms with van der Waals surface area (Å²) >= 11 is 0. The van der Waals surface area contributed by atoms with Crippen molar-refractivity contribution in [1.29, 1.82) is 0 Å². The third kappa shape index (κ3) is 4.24. The summed E-state index contributed by atoms with van der Waals surface area (Å²) in [6, 6.07) is 19.6. The molecule has 2 aromatic carbocycles. The van der Waals surface area contributed by atoms with Gasteiger partial charge in [0.05, 0.1) is 23.7 Å². The molecule has 148 valence electrons. The molecule has 0 atom stereocenters. The van der Waals surface area contributed by atoms with E-state index in [1.165, 1.54) is 11.3 Å². The first kappa shape index (κ1) is 19.0. The number of para-hydroxylation sites is 3. The minimum atomic E-state index is -0.254. The molecule has 3 aromatic rings. The van der Waals surface area contributed by atoms with Crippen molar-refractivity contribution in [3.05, 3.63) is 78.1 Å². The van der Waals surface area contributed by atoms with Crippen molar-refractivity contribution in [3.8, 4) is 5.75 Å². The Hall–Kier alpha value is -3.34. The molecule has 0 fully saturated rings. The average molecular weight is 387 g/mol. The highest BCUT2D eigenvalue weighted by atomic mass is 16.5. The van der Waals surface area contributed by atoms with Gasteiger partial charge in [0.1, 0.15) is 11.4 Å². The van der Waals surface area contributed by atoms with Crippen LogP contribution >= 0.6 is 0 Å². The Morgan fingerprint density at radius 3 is 2.66 bits per heavy atom. The number of aryl methyl sites for hydroxylation is 1. The van der Waals surface area contributed by atoms with Crippen molar-refractivity contribution < 1.29 is 9.53 Å². The van der Waals surface area contributed by atoms with Gasteiger partial charge in [-0.05, 0) is 62.6 Å². The number of aromatic nitrogens is 1. The van der Waals surface area contributed by atoms with Gasteiger partial charge in [-0.25, -0.2) is 4.98 Å². The van der Waals surface area contributed by atoms with Crippen LogP contribution in [0.1, 0.15) is 36.3 Å². The minimum Gasteiger partial charge on any atom is -0.489 e. The third-order valence-electron chi connectivity index (χ3n) is 4.90. The summed E-state index contributed by atoms with van der Waals surface area (Å²) < 4.78 is 5.77. The molecule has 5 nitrogen and oxygen atoms in total. The monoisotopic (exact) mass is 387 g/mol. The van der Waals surface area contributed by atoms with E-state index in [4.69, 9.17) is 4.74 Å². The van der Waals surface area contributed by atoms with E-state index >= 15 is 0 Å². The van der Waals surface area contributed by atoms with E-state index in [9.17, 15) is 4.79 Å². The number of pyridine rings is 1. The fourth-order valence-corrected chi connectivity index (χ4v) is 3.59. The molecule has 4 rings (SSSR count). The third-order valence-corrected chi connectivity index (χ3v) is 4.90. The van der Waals surface area contributed by atoms with E-state index in [0.717, 1.165) is 25.1 Å². The molecule has 1 aromatic heterocycles. The number of fused-ring (bicyclic) bond motifs is 1. The molecule has 1 amide bonds.